The van der Waals surface area contributed by atoms with Crippen molar-refractivity contribution in [2.24, 2.45) is 0 Å². The third-order valence-corrected chi connectivity index (χ3v) is 3.80. The Hall–Kier alpha value is -1.65. The number of benzene rings is 1. The van der Waals surface area contributed by atoms with Crippen LogP contribution in [0.5, 0.6) is 0 Å². The largest absolute Gasteiger partial charge is 0.488 e. The molecular weight excluding hydrogens is 225 g/mol. The van der Waals surface area contributed by atoms with Gasteiger partial charge in [0, 0.05) is 23.4 Å². The number of nitrogens with zero attached hydrogens (tertiary/aromatic N) is 1. The van der Waals surface area contributed by atoms with Crippen LogP contribution in [0.3, 0.4) is 0 Å². The molecule has 0 saturated carbocycles. The fourth-order valence-electron chi connectivity index (χ4n) is 2.77. The van der Waals surface area contributed by atoms with Gasteiger partial charge in [0.1, 0.15) is 0 Å². The summed E-state index contributed by atoms with van der Waals surface area (Å²) in [7, 11) is -1.42. The van der Waals surface area contributed by atoms with Crippen LogP contribution in [-0.4, -0.2) is 22.2 Å². The molecule has 3 rings (SSSR count). The molecule has 2 N–H and O–H groups in total. The molecule has 2 aromatic rings. The number of rotatable bonds is 1. The van der Waals surface area contributed by atoms with Gasteiger partial charge in [-0.25, -0.2) is 0 Å². The van der Waals surface area contributed by atoms with Crippen LogP contribution in [-0.2, 0) is 5.41 Å². The second-order valence-electron chi connectivity index (χ2n) is 5.22. The maximum absolute atomic E-state index is 9.29. The van der Waals surface area contributed by atoms with E-state index in [9.17, 15) is 10.0 Å². The second kappa shape index (κ2) is 3.67. The Morgan fingerprint density at radius 3 is 2.56 bits per heavy atom. The molecular formula is C14H14BNO2. The molecule has 0 fully saturated rings. The van der Waals surface area contributed by atoms with Crippen molar-refractivity contribution in [3.05, 3.63) is 47.8 Å². The lowest BCUT2D eigenvalue weighted by atomic mass is 9.75. The Kier molecular flexibility index (Phi) is 2.33. The first-order chi connectivity index (χ1) is 8.51. The molecule has 0 amide bonds. The first-order valence-electron chi connectivity index (χ1n) is 5.97. The molecule has 0 unspecified atom stereocenters. The van der Waals surface area contributed by atoms with Crippen molar-refractivity contribution in [1.82, 2.24) is 4.98 Å². The first-order valence-corrected chi connectivity index (χ1v) is 5.97. The molecule has 1 aromatic carbocycles. The van der Waals surface area contributed by atoms with Crippen LogP contribution in [0.4, 0.5) is 0 Å². The fraction of sp³-hybridized carbons (Fsp3) is 0.214. The maximum Gasteiger partial charge on any atom is 0.488 e. The SMILES string of the molecule is CC1(C)c2ccncc2-c2ccc(B(O)O)cc21. The van der Waals surface area contributed by atoms with E-state index in [1.165, 1.54) is 5.56 Å². The normalized spacial score (nSPS) is 15.1. The molecule has 0 atom stereocenters. The number of fused-ring (bicyclic) bond motifs is 3. The molecule has 0 saturated heterocycles. The lowest BCUT2D eigenvalue weighted by Crippen LogP contribution is -2.31. The fourth-order valence-corrected chi connectivity index (χ4v) is 2.77. The van der Waals surface area contributed by atoms with Crippen molar-refractivity contribution < 1.29 is 10.0 Å². The average Bonchev–Trinajstić information content (AvgIpc) is 2.59. The summed E-state index contributed by atoms with van der Waals surface area (Å²) in [6.07, 6.45) is 3.67. The van der Waals surface area contributed by atoms with Gasteiger partial charge in [-0.3, -0.25) is 4.98 Å². The lowest BCUT2D eigenvalue weighted by Gasteiger charge is -2.21. The van der Waals surface area contributed by atoms with Gasteiger partial charge in [0.05, 0.1) is 0 Å². The van der Waals surface area contributed by atoms with Crippen LogP contribution in [0.15, 0.2) is 36.7 Å². The molecule has 1 aliphatic carbocycles. The van der Waals surface area contributed by atoms with E-state index in [0.29, 0.717) is 5.46 Å². The van der Waals surface area contributed by atoms with E-state index in [4.69, 9.17) is 0 Å². The number of pyridine rings is 1. The van der Waals surface area contributed by atoms with Crippen LogP contribution >= 0.6 is 0 Å². The molecule has 1 aromatic heterocycles. The lowest BCUT2D eigenvalue weighted by molar-refractivity contribution is 0.425. The quantitative estimate of drug-likeness (QED) is 0.732. The molecule has 4 heteroatoms. The van der Waals surface area contributed by atoms with E-state index in [1.807, 2.05) is 24.4 Å². The Morgan fingerprint density at radius 1 is 1.06 bits per heavy atom. The van der Waals surface area contributed by atoms with Crippen LogP contribution in [0.25, 0.3) is 11.1 Å². The summed E-state index contributed by atoms with van der Waals surface area (Å²) in [4.78, 5) is 4.18. The summed E-state index contributed by atoms with van der Waals surface area (Å²) in [6, 6.07) is 7.60. The summed E-state index contributed by atoms with van der Waals surface area (Å²) in [6.45, 7) is 4.29. The van der Waals surface area contributed by atoms with E-state index in [2.05, 4.69) is 18.8 Å². The third-order valence-electron chi connectivity index (χ3n) is 3.80. The van der Waals surface area contributed by atoms with Crippen molar-refractivity contribution in [1.29, 1.82) is 0 Å². The van der Waals surface area contributed by atoms with Crippen molar-refractivity contribution in [3.63, 3.8) is 0 Å². The predicted octanol–water partition coefficient (Wildman–Crippen LogP) is 1.07. The van der Waals surface area contributed by atoms with Gasteiger partial charge in [0.2, 0.25) is 0 Å². The van der Waals surface area contributed by atoms with Crippen LogP contribution in [0.1, 0.15) is 25.0 Å². The van der Waals surface area contributed by atoms with E-state index >= 15 is 0 Å². The molecule has 0 bridgehead atoms. The minimum atomic E-state index is -1.42. The van der Waals surface area contributed by atoms with Gasteiger partial charge in [0.15, 0.2) is 0 Å². The third kappa shape index (κ3) is 1.43. The van der Waals surface area contributed by atoms with Crippen molar-refractivity contribution in [2.75, 3.05) is 0 Å². The van der Waals surface area contributed by atoms with Gasteiger partial charge in [-0.1, -0.05) is 32.0 Å². The Bertz CT molecular complexity index is 623. The van der Waals surface area contributed by atoms with E-state index in [0.717, 1.165) is 16.7 Å². The standard InChI is InChI=1S/C14H14BNO2/c1-14(2)12-5-6-16-8-11(12)10-4-3-9(15(17)18)7-13(10)14/h3-8,17-18H,1-2H3. The summed E-state index contributed by atoms with van der Waals surface area (Å²) in [5.74, 6) is 0. The number of hydrogen-bond acceptors (Lipinski definition) is 3. The van der Waals surface area contributed by atoms with Crippen molar-refractivity contribution >= 4 is 12.6 Å². The molecule has 0 radical (unpaired) electrons. The Labute approximate surface area is 106 Å². The zero-order chi connectivity index (χ0) is 12.9. The second-order valence-corrected chi connectivity index (χ2v) is 5.22. The molecule has 90 valence electrons. The molecule has 0 aliphatic heterocycles. The smallest absolute Gasteiger partial charge is 0.423 e. The zero-order valence-corrected chi connectivity index (χ0v) is 10.4. The number of hydrogen-bond donors (Lipinski definition) is 2. The molecule has 1 heterocycles. The van der Waals surface area contributed by atoms with Crippen molar-refractivity contribution in [3.8, 4) is 11.1 Å². The minimum Gasteiger partial charge on any atom is -0.423 e. The predicted molar refractivity (Wildman–Crippen MR) is 71.6 cm³/mol. The minimum absolute atomic E-state index is 0.126. The Morgan fingerprint density at radius 2 is 1.83 bits per heavy atom. The van der Waals surface area contributed by atoms with Crippen molar-refractivity contribution in [2.45, 2.75) is 19.3 Å². The number of aromatic nitrogens is 1. The van der Waals surface area contributed by atoms with Crippen LogP contribution in [0.2, 0.25) is 0 Å². The Balaban J connectivity index is 2.28. The van der Waals surface area contributed by atoms with E-state index in [1.54, 1.807) is 12.3 Å². The van der Waals surface area contributed by atoms with Gasteiger partial charge >= 0.3 is 7.12 Å². The molecule has 3 nitrogen and oxygen atoms in total. The van der Waals surface area contributed by atoms with E-state index < -0.39 is 7.12 Å². The summed E-state index contributed by atoms with van der Waals surface area (Å²) < 4.78 is 0. The topological polar surface area (TPSA) is 53.4 Å². The van der Waals surface area contributed by atoms with Gasteiger partial charge in [-0.15, -0.1) is 0 Å². The first kappa shape index (κ1) is 11.4. The average molecular weight is 239 g/mol. The van der Waals surface area contributed by atoms with Gasteiger partial charge in [-0.05, 0) is 28.2 Å². The highest BCUT2D eigenvalue weighted by Gasteiger charge is 2.36. The summed E-state index contributed by atoms with van der Waals surface area (Å²) in [5, 5.41) is 18.6. The monoisotopic (exact) mass is 239 g/mol. The molecule has 18 heavy (non-hydrogen) atoms. The highest BCUT2D eigenvalue weighted by atomic mass is 16.4. The zero-order valence-electron chi connectivity index (χ0n) is 10.4. The van der Waals surface area contributed by atoms with Crippen LogP contribution in [0, 0.1) is 0 Å². The van der Waals surface area contributed by atoms with Gasteiger partial charge in [-0.2, -0.15) is 0 Å². The summed E-state index contributed by atoms with van der Waals surface area (Å²) >= 11 is 0. The molecule has 0 spiro atoms. The van der Waals surface area contributed by atoms with Gasteiger partial charge in [0.25, 0.3) is 0 Å². The highest BCUT2D eigenvalue weighted by molar-refractivity contribution is 6.58. The van der Waals surface area contributed by atoms with Gasteiger partial charge < -0.3 is 10.0 Å². The molecule has 1 aliphatic rings. The van der Waals surface area contributed by atoms with Crippen LogP contribution < -0.4 is 5.46 Å². The highest BCUT2D eigenvalue weighted by Crippen LogP contribution is 2.47. The maximum atomic E-state index is 9.29. The van der Waals surface area contributed by atoms with E-state index in [-0.39, 0.29) is 5.41 Å². The summed E-state index contributed by atoms with van der Waals surface area (Å²) in [5.41, 5.74) is 5.03.